The zero-order valence-electron chi connectivity index (χ0n) is 5.72. The molecule has 0 saturated carbocycles. The Bertz CT molecular complexity index is 439. The van der Waals surface area contributed by atoms with Gasteiger partial charge in [0.05, 0.1) is 10.8 Å². The average molecular weight is 180 g/mol. The number of nitro groups is 1. The van der Waals surface area contributed by atoms with Crippen LogP contribution in [0.2, 0.25) is 0 Å². The van der Waals surface area contributed by atoms with Crippen LogP contribution in [0.25, 0.3) is 11.0 Å². The van der Waals surface area contributed by atoms with Crippen molar-refractivity contribution in [3.05, 3.63) is 27.6 Å². The predicted octanol–water partition coefficient (Wildman–Crippen LogP) is 1.40. The normalized spacial score (nSPS) is 10.3. The lowest BCUT2D eigenvalue weighted by atomic mass is 10.3. The molecule has 0 saturated heterocycles. The third-order valence-electron chi connectivity index (χ3n) is 1.34. The summed E-state index contributed by atoms with van der Waals surface area (Å²) in [5.74, 6) is -0.179. The Hall–Kier alpha value is -1.56. The van der Waals surface area contributed by atoms with Crippen molar-refractivity contribution < 1.29 is 4.92 Å². The molecule has 0 aliphatic carbocycles. The highest BCUT2D eigenvalue weighted by atomic mass is 32.1. The topological polar surface area (TPSA) is 68.9 Å². The van der Waals surface area contributed by atoms with Crippen LogP contribution in [-0.4, -0.2) is 14.3 Å². The van der Waals surface area contributed by atoms with E-state index in [2.05, 4.69) is 14.7 Å². The first-order valence-electron chi connectivity index (χ1n) is 3.06. The molecule has 2 heterocycles. The van der Waals surface area contributed by atoms with E-state index in [1.165, 1.54) is 6.07 Å². The molecule has 2 rings (SSSR count). The number of fused-ring (bicyclic) bond motifs is 1. The molecule has 0 bridgehead atoms. The molecular weight excluding hydrogens is 178 g/mol. The van der Waals surface area contributed by atoms with Crippen molar-refractivity contribution in [1.29, 1.82) is 0 Å². The van der Waals surface area contributed by atoms with E-state index in [1.54, 1.807) is 6.07 Å². The van der Waals surface area contributed by atoms with Crippen molar-refractivity contribution in [1.82, 2.24) is 9.36 Å². The molecule has 1 radical (unpaired) electrons. The van der Waals surface area contributed by atoms with Crippen LogP contribution in [0.3, 0.4) is 0 Å². The maximum Gasteiger partial charge on any atom is 0.365 e. The molecule has 0 atom stereocenters. The zero-order chi connectivity index (χ0) is 8.55. The standard InChI is InChI=1S/C6H2N3O2S/c10-9(11)5-2-1-4-3-12-8-6(4)7-5/h1-2H. The molecule has 0 amide bonds. The van der Waals surface area contributed by atoms with Gasteiger partial charge in [-0.3, -0.25) is 0 Å². The van der Waals surface area contributed by atoms with Crippen LogP contribution in [0.4, 0.5) is 5.82 Å². The Labute approximate surface area is 71.0 Å². The number of hydrogen-bond acceptors (Lipinski definition) is 5. The third kappa shape index (κ3) is 1.02. The second-order valence-electron chi connectivity index (χ2n) is 2.08. The lowest BCUT2D eigenvalue weighted by molar-refractivity contribution is -0.389. The van der Waals surface area contributed by atoms with Crippen LogP contribution >= 0.6 is 11.5 Å². The zero-order valence-corrected chi connectivity index (χ0v) is 6.54. The summed E-state index contributed by atoms with van der Waals surface area (Å²) in [6.45, 7) is 0. The molecule has 2 aromatic rings. The van der Waals surface area contributed by atoms with Gasteiger partial charge in [-0.15, -0.1) is 4.37 Å². The third-order valence-corrected chi connectivity index (χ3v) is 1.91. The number of rotatable bonds is 1. The molecule has 6 heteroatoms. The van der Waals surface area contributed by atoms with Gasteiger partial charge in [0.25, 0.3) is 5.65 Å². The van der Waals surface area contributed by atoms with Crippen molar-refractivity contribution in [2.75, 3.05) is 0 Å². The van der Waals surface area contributed by atoms with Gasteiger partial charge in [0.15, 0.2) is 0 Å². The van der Waals surface area contributed by atoms with E-state index in [1.807, 2.05) is 0 Å². The largest absolute Gasteiger partial charge is 0.365 e. The fourth-order valence-electron chi connectivity index (χ4n) is 0.805. The van der Waals surface area contributed by atoms with Gasteiger partial charge in [0.2, 0.25) is 0 Å². The Morgan fingerprint density at radius 2 is 2.42 bits per heavy atom. The van der Waals surface area contributed by atoms with E-state index in [9.17, 15) is 10.1 Å². The molecule has 0 fully saturated rings. The highest BCUT2D eigenvalue weighted by molar-refractivity contribution is 7.04. The molecular formula is C6H2N3O2S. The van der Waals surface area contributed by atoms with E-state index >= 15 is 0 Å². The molecule has 2 aromatic heterocycles. The minimum absolute atomic E-state index is 0.179. The molecule has 0 N–H and O–H groups in total. The number of nitrogens with zero attached hydrogens (tertiary/aromatic N) is 3. The van der Waals surface area contributed by atoms with Crippen molar-refractivity contribution >= 4 is 28.4 Å². The van der Waals surface area contributed by atoms with Crippen LogP contribution < -0.4 is 0 Å². The second kappa shape index (κ2) is 2.49. The average Bonchev–Trinajstić information content (AvgIpc) is 2.49. The number of hydrogen-bond donors (Lipinski definition) is 0. The summed E-state index contributed by atoms with van der Waals surface area (Å²) in [6, 6.07) is 2.93. The van der Waals surface area contributed by atoms with Gasteiger partial charge in [0.1, 0.15) is 0 Å². The lowest BCUT2D eigenvalue weighted by Gasteiger charge is -1.88. The van der Waals surface area contributed by atoms with Gasteiger partial charge in [-0.1, -0.05) is 0 Å². The molecule has 0 spiro atoms. The second-order valence-corrected chi connectivity index (χ2v) is 2.65. The van der Waals surface area contributed by atoms with Crippen molar-refractivity contribution in [2.24, 2.45) is 0 Å². The van der Waals surface area contributed by atoms with E-state index < -0.39 is 4.92 Å². The summed E-state index contributed by atoms with van der Waals surface area (Å²) in [5.41, 5.74) is 0.384. The monoisotopic (exact) mass is 180 g/mol. The van der Waals surface area contributed by atoms with Gasteiger partial charge < -0.3 is 10.1 Å². The van der Waals surface area contributed by atoms with Crippen LogP contribution in [0, 0.1) is 15.5 Å². The van der Waals surface area contributed by atoms with Crippen molar-refractivity contribution in [3.63, 3.8) is 0 Å². The predicted molar refractivity (Wildman–Crippen MR) is 42.9 cm³/mol. The van der Waals surface area contributed by atoms with E-state index in [-0.39, 0.29) is 5.82 Å². The summed E-state index contributed by atoms with van der Waals surface area (Å²) < 4.78 is 3.83. The van der Waals surface area contributed by atoms with E-state index in [0.717, 1.165) is 11.5 Å². The van der Waals surface area contributed by atoms with E-state index in [0.29, 0.717) is 11.0 Å². The van der Waals surface area contributed by atoms with Gasteiger partial charge in [-0.25, -0.2) is 0 Å². The van der Waals surface area contributed by atoms with E-state index in [4.69, 9.17) is 0 Å². The fraction of sp³-hybridized carbons (Fsp3) is 0. The molecule has 12 heavy (non-hydrogen) atoms. The summed E-state index contributed by atoms with van der Waals surface area (Å²) in [5, 5.41) is 13.8. The van der Waals surface area contributed by atoms with Crippen molar-refractivity contribution in [2.45, 2.75) is 0 Å². The maximum absolute atomic E-state index is 10.3. The van der Waals surface area contributed by atoms with Gasteiger partial charge >= 0.3 is 5.82 Å². The summed E-state index contributed by atoms with van der Waals surface area (Å²) in [7, 11) is 0. The number of aromatic nitrogens is 2. The quantitative estimate of drug-likeness (QED) is 0.491. The first kappa shape index (κ1) is 7.11. The SMILES string of the molecule is O=[N+]([O-])c1ccc2[c]snc2n1. The molecule has 0 aromatic carbocycles. The highest BCUT2D eigenvalue weighted by Crippen LogP contribution is 2.15. The maximum atomic E-state index is 10.3. The van der Waals surface area contributed by atoms with Gasteiger partial charge in [-0.2, -0.15) is 0 Å². The molecule has 0 aliphatic heterocycles. The van der Waals surface area contributed by atoms with Crippen LogP contribution in [0.5, 0.6) is 0 Å². The van der Waals surface area contributed by atoms with Crippen LogP contribution in [0.1, 0.15) is 0 Å². The summed E-state index contributed by atoms with van der Waals surface area (Å²) >= 11 is 1.11. The Morgan fingerprint density at radius 1 is 1.58 bits per heavy atom. The summed E-state index contributed by atoms with van der Waals surface area (Å²) in [6.07, 6.45) is 0. The van der Waals surface area contributed by atoms with Crippen LogP contribution in [0.15, 0.2) is 12.1 Å². The highest BCUT2D eigenvalue weighted by Gasteiger charge is 2.10. The first-order valence-corrected chi connectivity index (χ1v) is 3.83. The fourth-order valence-corrected chi connectivity index (χ4v) is 1.33. The first-order chi connectivity index (χ1) is 5.77. The van der Waals surface area contributed by atoms with Gasteiger partial charge in [0, 0.05) is 6.07 Å². The molecule has 0 aliphatic rings. The molecule has 59 valence electrons. The summed E-state index contributed by atoms with van der Waals surface area (Å²) in [4.78, 5) is 13.4. The molecule has 0 unspecified atom stereocenters. The van der Waals surface area contributed by atoms with Gasteiger partial charge in [-0.05, 0) is 27.5 Å². The minimum Gasteiger partial charge on any atom is -0.358 e. The Balaban J connectivity index is 2.68. The lowest BCUT2D eigenvalue weighted by Crippen LogP contribution is -1.90. The molecule has 5 nitrogen and oxygen atoms in total. The Morgan fingerprint density at radius 3 is 3.17 bits per heavy atom. The smallest absolute Gasteiger partial charge is 0.358 e. The number of pyridine rings is 1. The minimum atomic E-state index is -0.543. The van der Waals surface area contributed by atoms with Crippen molar-refractivity contribution in [3.8, 4) is 0 Å². The Kier molecular flexibility index (Phi) is 1.47. The van der Waals surface area contributed by atoms with Crippen LogP contribution in [-0.2, 0) is 0 Å².